The van der Waals surface area contributed by atoms with Gasteiger partial charge in [0.15, 0.2) is 6.29 Å². The number of nitrogens with zero attached hydrogens (tertiary/aromatic N) is 1. The third-order valence-corrected chi connectivity index (χ3v) is 1.27. The molecule has 1 aromatic heterocycles. The highest BCUT2D eigenvalue weighted by molar-refractivity contribution is 5.93. The number of aldehydes is 1. The van der Waals surface area contributed by atoms with Crippen LogP contribution in [0, 0.1) is 11.8 Å². The largest absolute Gasteiger partial charge is 0.359 e. The predicted molar refractivity (Wildman–Crippen MR) is 45.7 cm³/mol. The van der Waals surface area contributed by atoms with Crippen molar-refractivity contribution >= 4 is 12.2 Å². The Morgan fingerprint density at radius 1 is 1.62 bits per heavy atom. The van der Waals surface area contributed by atoms with Crippen molar-refractivity contribution in [1.82, 2.24) is 4.98 Å². The Hall–Kier alpha value is -2.15. The number of nitrogens with two attached hydrogens (primary N) is 1. The SMILES string of the molecule is NC(=O)C#Cc1ncccc1C=O. The number of rotatable bonds is 1. The Morgan fingerprint density at radius 3 is 3.00 bits per heavy atom. The first-order valence-corrected chi connectivity index (χ1v) is 3.45. The van der Waals surface area contributed by atoms with Crippen molar-refractivity contribution in [3.63, 3.8) is 0 Å². The van der Waals surface area contributed by atoms with Crippen LogP contribution in [-0.4, -0.2) is 17.2 Å². The maximum absolute atomic E-state index is 10.4. The molecule has 64 valence electrons. The van der Waals surface area contributed by atoms with Crippen LogP contribution in [0.3, 0.4) is 0 Å². The molecule has 4 nitrogen and oxygen atoms in total. The summed E-state index contributed by atoms with van der Waals surface area (Å²) >= 11 is 0. The van der Waals surface area contributed by atoms with Gasteiger partial charge in [-0.25, -0.2) is 4.98 Å². The Bertz CT molecular complexity index is 402. The minimum atomic E-state index is -0.748. The molecule has 0 radical (unpaired) electrons. The maximum Gasteiger partial charge on any atom is 0.293 e. The predicted octanol–water partition coefficient (Wildman–Crippen LogP) is -0.269. The van der Waals surface area contributed by atoms with Crippen LogP contribution < -0.4 is 5.73 Å². The zero-order valence-electron chi connectivity index (χ0n) is 6.65. The minimum absolute atomic E-state index is 0.260. The van der Waals surface area contributed by atoms with Gasteiger partial charge in [0.25, 0.3) is 5.91 Å². The van der Waals surface area contributed by atoms with E-state index < -0.39 is 5.91 Å². The zero-order valence-corrected chi connectivity index (χ0v) is 6.65. The molecule has 0 aliphatic heterocycles. The fourth-order valence-electron chi connectivity index (χ4n) is 0.738. The van der Waals surface area contributed by atoms with E-state index in [4.69, 9.17) is 5.73 Å². The van der Waals surface area contributed by atoms with Crippen LogP contribution in [0.5, 0.6) is 0 Å². The molecule has 1 aromatic rings. The highest BCUT2D eigenvalue weighted by Gasteiger charge is 1.97. The molecule has 0 saturated carbocycles. The van der Waals surface area contributed by atoms with Crippen molar-refractivity contribution in [2.75, 3.05) is 0 Å². The van der Waals surface area contributed by atoms with Gasteiger partial charge in [0.2, 0.25) is 0 Å². The fraction of sp³-hybridized carbons (Fsp3) is 0. The lowest BCUT2D eigenvalue weighted by atomic mass is 10.2. The number of pyridine rings is 1. The summed E-state index contributed by atoms with van der Waals surface area (Å²) in [5, 5.41) is 0. The molecule has 0 aliphatic carbocycles. The molecule has 0 aromatic carbocycles. The molecule has 1 heterocycles. The number of hydrogen-bond acceptors (Lipinski definition) is 3. The highest BCUT2D eigenvalue weighted by Crippen LogP contribution is 1.99. The summed E-state index contributed by atoms with van der Waals surface area (Å²) in [6, 6.07) is 3.17. The van der Waals surface area contributed by atoms with E-state index in [1.807, 2.05) is 0 Å². The first-order chi connectivity index (χ1) is 6.24. The van der Waals surface area contributed by atoms with Crippen LogP contribution in [0.2, 0.25) is 0 Å². The number of carbonyl (C=O) groups is 2. The van der Waals surface area contributed by atoms with Gasteiger partial charge in [0.05, 0.1) is 0 Å². The van der Waals surface area contributed by atoms with E-state index in [2.05, 4.69) is 16.8 Å². The van der Waals surface area contributed by atoms with E-state index in [9.17, 15) is 9.59 Å². The van der Waals surface area contributed by atoms with E-state index >= 15 is 0 Å². The van der Waals surface area contributed by atoms with E-state index in [-0.39, 0.29) is 5.69 Å². The summed E-state index contributed by atoms with van der Waals surface area (Å²) < 4.78 is 0. The van der Waals surface area contributed by atoms with Gasteiger partial charge in [-0.05, 0) is 18.1 Å². The molecular formula is C9H6N2O2. The van der Waals surface area contributed by atoms with Crippen molar-refractivity contribution in [3.8, 4) is 11.8 Å². The van der Waals surface area contributed by atoms with E-state index in [0.29, 0.717) is 11.8 Å². The second-order valence-electron chi connectivity index (χ2n) is 2.17. The maximum atomic E-state index is 10.4. The summed E-state index contributed by atoms with van der Waals surface area (Å²) in [5.41, 5.74) is 5.41. The van der Waals surface area contributed by atoms with Gasteiger partial charge in [-0.3, -0.25) is 9.59 Å². The van der Waals surface area contributed by atoms with Gasteiger partial charge in [-0.1, -0.05) is 0 Å². The molecule has 0 unspecified atom stereocenters. The number of primary amides is 1. The van der Waals surface area contributed by atoms with Crippen LogP contribution in [0.4, 0.5) is 0 Å². The molecule has 0 atom stereocenters. The molecule has 0 saturated heterocycles. The number of carbonyl (C=O) groups excluding carboxylic acids is 2. The second-order valence-corrected chi connectivity index (χ2v) is 2.17. The quantitative estimate of drug-likeness (QED) is 0.470. The number of aromatic nitrogens is 1. The number of hydrogen-bond donors (Lipinski definition) is 1. The summed E-state index contributed by atoms with van der Waals surface area (Å²) in [6.45, 7) is 0. The molecule has 0 spiro atoms. The van der Waals surface area contributed by atoms with E-state index in [1.165, 1.54) is 6.20 Å². The summed E-state index contributed by atoms with van der Waals surface area (Å²) in [7, 11) is 0. The van der Waals surface area contributed by atoms with Crippen LogP contribution in [-0.2, 0) is 4.79 Å². The van der Waals surface area contributed by atoms with Crippen LogP contribution >= 0.6 is 0 Å². The molecule has 1 rings (SSSR count). The smallest absolute Gasteiger partial charge is 0.293 e. The topological polar surface area (TPSA) is 73.1 Å². The number of amides is 1. The van der Waals surface area contributed by atoms with E-state index in [0.717, 1.165) is 0 Å². The lowest BCUT2D eigenvalue weighted by Gasteiger charge is -1.91. The third kappa shape index (κ3) is 2.42. The van der Waals surface area contributed by atoms with E-state index in [1.54, 1.807) is 12.1 Å². The Balaban J connectivity index is 3.09. The third-order valence-electron chi connectivity index (χ3n) is 1.27. The summed E-state index contributed by atoms with van der Waals surface area (Å²) in [6.07, 6.45) is 2.11. The van der Waals surface area contributed by atoms with Crippen LogP contribution in [0.25, 0.3) is 0 Å². The zero-order chi connectivity index (χ0) is 9.68. The minimum Gasteiger partial charge on any atom is -0.359 e. The normalized spacial score (nSPS) is 8.31. The summed E-state index contributed by atoms with van der Waals surface area (Å²) in [5.74, 6) is 3.75. The first-order valence-electron chi connectivity index (χ1n) is 3.45. The standard InChI is InChI=1S/C9H6N2O2/c10-9(13)4-3-8-7(6-12)2-1-5-11-8/h1-2,5-6H,(H2,10,13). The van der Waals surface area contributed by atoms with Crippen LogP contribution in [0.1, 0.15) is 16.1 Å². The molecule has 0 aliphatic rings. The highest BCUT2D eigenvalue weighted by atomic mass is 16.1. The van der Waals surface area contributed by atoms with Gasteiger partial charge in [-0.2, -0.15) is 0 Å². The monoisotopic (exact) mass is 174 g/mol. The Kier molecular flexibility index (Phi) is 2.77. The molecule has 1 amide bonds. The van der Waals surface area contributed by atoms with Crippen molar-refractivity contribution in [2.45, 2.75) is 0 Å². The van der Waals surface area contributed by atoms with Gasteiger partial charge in [-0.15, -0.1) is 0 Å². The van der Waals surface area contributed by atoms with Crippen molar-refractivity contribution in [1.29, 1.82) is 0 Å². The molecule has 13 heavy (non-hydrogen) atoms. The Labute approximate surface area is 74.8 Å². The second kappa shape index (κ2) is 4.02. The van der Waals surface area contributed by atoms with Gasteiger partial charge >= 0.3 is 0 Å². The van der Waals surface area contributed by atoms with Gasteiger partial charge < -0.3 is 5.73 Å². The van der Waals surface area contributed by atoms with Gasteiger partial charge in [0, 0.05) is 17.7 Å². The lowest BCUT2D eigenvalue weighted by molar-refractivity contribution is -0.112. The van der Waals surface area contributed by atoms with Crippen LogP contribution in [0.15, 0.2) is 18.3 Å². The molecule has 0 bridgehead atoms. The Morgan fingerprint density at radius 2 is 2.38 bits per heavy atom. The van der Waals surface area contributed by atoms with Gasteiger partial charge in [0.1, 0.15) is 5.69 Å². The average molecular weight is 174 g/mol. The summed E-state index contributed by atoms with van der Waals surface area (Å²) in [4.78, 5) is 24.6. The van der Waals surface area contributed by atoms with Crippen molar-refractivity contribution in [2.24, 2.45) is 5.73 Å². The molecule has 4 heteroatoms. The first kappa shape index (κ1) is 8.94. The molecule has 2 N–H and O–H groups in total. The lowest BCUT2D eigenvalue weighted by Crippen LogP contribution is -2.06. The van der Waals surface area contributed by atoms with Crippen molar-refractivity contribution < 1.29 is 9.59 Å². The van der Waals surface area contributed by atoms with Crippen molar-refractivity contribution in [3.05, 3.63) is 29.6 Å². The average Bonchev–Trinajstić information content (AvgIpc) is 2.15. The molecule has 0 fully saturated rings. The fourth-order valence-corrected chi connectivity index (χ4v) is 0.738. The molecular weight excluding hydrogens is 168 g/mol.